The predicted molar refractivity (Wildman–Crippen MR) is 107 cm³/mol. The number of carbonyl (C=O) groups excluding carboxylic acids is 4. The van der Waals surface area contributed by atoms with Gasteiger partial charge in [0.05, 0.1) is 18.1 Å². The minimum atomic E-state index is -3.09. The van der Waals surface area contributed by atoms with Gasteiger partial charge in [-0.3, -0.25) is 19.3 Å². The Labute approximate surface area is 174 Å². The number of urea groups is 1. The molecular weight excluding hydrogens is 410 g/mol. The molecule has 0 N–H and O–H groups in total. The van der Waals surface area contributed by atoms with Crippen LogP contribution in [0.25, 0.3) is 0 Å². The molecule has 1 atom stereocenters. The summed E-state index contributed by atoms with van der Waals surface area (Å²) in [6.07, 6.45) is 3.64. The number of Topliss-reactive ketones (excluding diaryl/α,β-unsaturated/α-hetero) is 1. The number of carbonyl (C=O) groups is 4. The lowest BCUT2D eigenvalue weighted by Gasteiger charge is -2.20. The number of amides is 4. The quantitative estimate of drug-likeness (QED) is 0.392. The third kappa shape index (κ3) is 3.36. The largest absolute Gasteiger partial charge is 0.344 e. The molecule has 2 aliphatic heterocycles. The molecule has 4 amide bonds. The van der Waals surface area contributed by atoms with Gasteiger partial charge in [0.25, 0.3) is 0 Å². The molecule has 0 bridgehead atoms. The van der Waals surface area contributed by atoms with Crippen LogP contribution in [0.2, 0.25) is 0 Å². The van der Waals surface area contributed by atoms with Crippen LogP contribution in [-0.2, 0) is 19.4 Å². The van der Waals surface area contributed by atoms with Crippen molar-refractivity contribution in [2.75, 3.05) is 18.1 Å². The molecule has 0 spiro atoms. The Morgan fingerprint density at radius 1 is 1.03 bits per heavy atom. The van der Waals surface area contributed by atoms with Crippen molar-refractivity contribution in [1.29, 1.82) is 0 Å². The van der Waals surface area contributed by atoms with Crippen molar-refractivity contribution >= 4 is 33.5 Å². The van der Waals surface area contributed by atoms with E-state index in [1.54, 1.807) is 19.9 Å². The van der Waals surface area contributed by atoms with Crippen LogP contribution in [0.5, 0.6) is 0 Å². The lowest BCUT2D eigenvalue weighted by Crippen LogP contribution is -2.41. The molecule has 0 aromatic carbocycles. The highest BCUT2D eigenvalue weighted by molar-refractivity contribution is 7.91. The molecule has 1 aromatic rings. The molecule has 4 rings (SSSR count). The maximum Gasteiger partial charge on any atom is 0.334 e. The molecular formula is C20H25N3O6S. The number of imide groups is 2. The van der Waals surface area contributed by atoms with E-state index >= 15 is 0 Å². The average Bonchev–Trinajstić information content (AvgIpc) is 3.41. The van der Waals surface area contributed by atoms with Crippen LogP contribution in [0.4, 0.5) is 4.79 Å². The summed E-state index contributed by atoms with van der Waals surface area (Å²) in [6.45, 7) is 3.03. The lowest BCUT2D eigenvalue weighted by molar-refractivity contribution is -0.143. The van der Waals surface area contributed by atoms with E-state index in [0.29, 0.717) is 30.5 Å². The van der Waals surface area contributed by atoms with Gasteiger partial charge in [-0.05, 0) is 39.2 Å². The summed E-state index contributed by atoms with van der Waals surface area (Å²) in [6, 6.07) is 0.430. The van der Waals surface area contributed by atoms with Crippen molar-refractivity contribution in [3.8, 4) is 0 Å². The second-order valence-electron chi connectivity index (χ2n) is 8.42. The standard InChI is InChI=1S/C20H25N3O6S/c1-12-9-16(13(2)22(12)15-7-8-30(28,29)11-15)17(24)10-21-18(25)19(26)23(20(21)27)14-5-3-4-6-14/h9,14-15H,3-8,10-11H2,1-2H3/t15-/m0/s1. The van der Waals surface area contributed by atoms with Gasteiger partial charge in [0.2, 0.25) is 0 Å². The lowest BCUT2D eigenvalue weighted by atomic mass is 10.1. The first-order valence-corrected chi connectivity index (χ1v) is 12.0. The zero-order valence-corrected chi connectivity index (χ0v) is 17.9. The van der Waals surface area contributed by atoms with Crippen LogP contribution in [0, 0.1) is 13.8 Å². The maximum absolute atomic E-state index is 12.9. The Balaban J connectivity index is 1.54. The van der Waals surface area contributed by atoms with Gasteiger partial charge in [0.15, 0.2) is 15.6 Å². The van der Waals surface area contributed by atoms with Crippen LogP contribution in [0.1, 0.15) is 59.9 Å². The minimum absolute atomic E-state index is 0.0327. The zero-order chi connectivity index (χ0) is 21.8. The molecule has 30 heavy (non-hydrogen) atoms. The first kappa shape index (κ1) is 20.8. The van der Waals surface area contributed by atoms with E-state index in [1.165, 1.54) is 0 Å². The normalized spacial score (nSPS) is 24.5. The summed E-state index contributed by atoms with van der Waals surface area (Å²) in [5, 5.41) is 0. The van der Waals surface area contributed by atoms with E-state index in [4.69, 9.17) is 0 Å². The van der Waals surface area contributed by atoms with Crippen molar-refractivity contribution < 1.29 is 27.6 Å². The first-order chi connectivity index (χ1) is 14.1. The van der Waals surface area contributed by atoms with Gasteiger partial charge in [-0.2, -0.15) is 0 Å². The highest BCUT2D eigenvalue weighted by atomic mass is 32.2. The summed E-state index contributed by atoms with van der Waals surface area (Å²) in [7, 11) is -3.09. The topological polar surface area (TPSA) is 114 Å². The Bertz CT molecular complexity index is 1050. The summed E-state index contributed by atoms with van der Waals surface area (Å²) < 4.78 is 25.6. The average molecular weight is 436 g/mol. The molecule has 1 aromatic heterocycles. The number of aromatic nitrogens is 1. The minimum Gasteiger partial charge on any atom is -0.344 e. The fourth-order valence-electron chi connectivity index (χ4n) is 4.98. The second-order valence-corrected chi connectivity index (χ2v) is 10.7. The monoisotopic (exact) mass is 435 g/mol. The van der Waals surface area contributed by atoms with Crippen molar-refractivity contribution in [3.63, 3.8) is 0 Å². The third-order valence-corrected chi connectivity index (χ3v) is 8.18. The molecule has 2 saturated heterocycles. The molecule has 0 radical (unpaired) electrons. The summed E-state index contributed by atoms with van der Waals surface area (Å²) in [4.78, 5) is 52.1. The third-order valence-electron chi connectivity index (χ3n) is 6.43. The molecule has 3 fully saturated rings. The first-order valence-electron chi connectivity index (χ1n) is 10.2. The van der Waals surface area contributed by atoms with Gasteiger partial charge in [0, 0.05) is 29.0 Å². The highest BCUT2D eigenvalue weighted by Gasteiger charge is 2.48. The Morgan fingerprint density at radius 2 is 1.70 bits per heavy atom. The molecule has 9 nitrogen and oxygen atoms in total. The molecule has 162 valence electrons. The summed E-state index contributed by atoms with van der Waals surface area (Å²) in [5.74, 6) is -2.12. The van der Waals surface area contributed by atoms with Crippen LogP contribution in [-0.4, -0.2) is 70.5 Å². The van der Waals surface area contributed by atoms with E-state index in [0.717, 1.165) is 28.3 Å². The smallest absolute Gasteiger partial charge is 0.334 e. The molecule has 0 unspecified atom stereocenters. The number of hydrogen-bond donors (Lipinski definition) is 0. The number of rotatable bonds is 5. The molecule has 3 aliphatic rings. The number of sulfone groups is 1. The zero-order valence-electron chi connectivity index (χ0n) is 17.1. The van der Waals surface area contributed by atoms with E-state index in [-0.39, 0.29) is 23.6 Å². The van der Waals surface area contributed by atoms with Crippen LogP contribution >= 0.6 is 0 Å². The molecule has 10 heteroatoms. The van der Waals surface area contributed by atoms with E-state index in [1.807, 2.05) is 4.57 Å². The van der Waals surface area contributed by atoms with Gasteiger partial charge in [-0.15, -0.1) is 0 Å². The highest BCUT2D eigenvalue weighted by Crippen LogP contribution is 2.30. The van der Waals surface area contributed by atoms with Gasteiger partial charge < -0.3 is 4.57 Å². The van der Waals surface area contributed by atoms with Gasteiger partial charge in [-0.1, -0.05) is 12.8 Å². The summed E-state index contributed by atoms with van der Waals surface area (Å²) >= 11 is 0. The molecule has 1 aliphatic carbocycles. The predicted octanol–water partition coefficient (Wildman–Crippen LogP) is 1.38. The van der Waals surface area contributed by atoms with Crippen LogP contribution < -0.4 is 0 Å². The van der Waals surface area contributed by atoms with Gasteiger partial charge in [-0.25, -0.2) is 18.1 Å². The summed E-state index contributed by atoms with van der Waals surface area (Å²) in [5.41, 5.74) is 1.70. The number of ketones is 1. The fourth-order valence-corrected chi connectivity index (χ4v) is 6.68. The van der Waals surface area contributed by atoms with Crippen molar-refractivity contribution in [1.82, 2.24) is 14.4 Å². The second kappa shape index (κ2) is 7.33. The molecule has 3 heterocycles. The number of nitrogens with zero attached hydrogens (tertiary/aromatic N) is 3. The van der Waals surface area contributed by atoms with Crippen molar-refractivity contribution in [2.24, 2.45) is 0 Å². The van der Waals surface area contributed by atoms with Gasteiger partial charge in [0.1, 0.15) is 0 Å². The fraction of sp³-hybridized carbons (Fsp3) is 0.600. The Kier molecular flexibility index (Phi) is 5.08. The SMILES string of the molecule is Cc1cc(C(=O)CN2C(=O)C(=O)N(C3CCCC3)C2=O)c(C)n1[C@H]1CCS(=O)(=O)C1. The number of aryl methyl sites for hydroxylation is 1. The van der Waals surface area contributed by atoms with Gasteiger partial charge >= 0.3 is 17.8 Å². The maximum atomic E-state index is 12.9. The van der Waals surface area contributed by atoms with E-state index < -0.39 is 40.0 Å². The van der Waals surface area contributed by atoms with Crippen LogP contribution in [0.15, 0.2) is 6.07 Å². The Morgan fingerprint density at radius 3 is 2.30 bits per heavy atom. The molecule has 1 saturated carbocycles. The van der Waals surface area contributed by atoms with E-state index in [9.17, 15) is 27.6 Å². The van der Waals surface area contributed by atoms with Crippen molar-refractivity contribution in [2.45, 2.75) is 58.0 Å². The number of hydrogen-bond acceptors (Lipinski definition) is 6. The Hall–Kier alpha value is -2.49. The van der Waals surface area contributed by atoms with Crippen molar-refractivity contribution in [3.05, 3.63) is 23.0 Å². The van der Waals surface area contributed by atoms with Crippen LogP contribution in [0.3, 0.4) is 0 Å². The van der Waals surface area contributed by atoms with E-state index in [2.05, 4.69) is 0 Å².